The number of fused-ring (bicyclic) bond motifs is 1. The standard InChI is InChI=1S/C15H13BrN4O2S/c1-8-9(2)17-7-20(14(8)22)6-12(21)18-15-19-13-10(16)4-3-5-11(13)23-15/h3-5,7H,6H2,1-2H3,(H,18,19,21). The number of nitrogens with zero attached hydrogens (tertiary/aromatic N) is 3. The van der Waals surface area contributed by atoms with E-state index in [1.807, 2.05) is 18.2 Å². The van der Waals surface area contributed by atoms with E-state index in [1.54, 1.807) is 13.8 Å². The number of aryl methyl sites for hydroxylation is 1. The van der Waals surface area contributed by atoms with Gasteiger partial charge in [-0.3, -0.25) is 14.2 Å². The van der Waals surface area contributed by atoms with E-state index >= 15 is 0 Å². The summed E-state index contributed by atoms with van der Waals surface area (Å²) in [4.78, 5) is 32.7. The minimum absolute atomic E-state index is 0.0932. The average molecular weight is 393 g/mol. The third kappa shape index (κ3) is 3.18. The second-order valence-corrected chi connectivity index (χ2v) is 6.93. The van der Waals surface area contributed by atoms with Gasteiger partial charge < -0.3 is 5.32 Å². The number of anilines is 1. The zero-order chi connectivity index (χ0) is 16.6. The van der Waals surface area contributed by atoms with Crippen molar-refractivity contribution in [3.63, 3.8) is 0 Å². The van der Waals surface area contributed by atoms with Crippen LogP contribution in [0.1, 0.15) is 11.3 Å². The molecule has 0 saturated heterocycles. The Kier molecular flexibility index (Phi) is 4.27. The van der Waals surface area contributed by atoms with Gasteiger partial charge in [-0.1, -0.05) is 17.4 Å². The Hall–Kier alpha value is -2.06. The Morgan fingerprint density at radius 1 is 1.39 bits per heavy atom. The second-order valence-electron chi connectivity index (χ2n) is 5.04. The van der Waals surface area contributed by atoms with Crippen molar-refractivity contribution in [3.8, 4) is 0 Å². The molecular weight excluding hydrogens is 380 g/mol. The minimum Gasteiger partial charge on any atom is -0.300 e. The molecule has 0 radical (unpaired) electrons. The lowest BCUT2D eigenvalue weighted by Crippen LogP contribution is -2.29. The molecule has 0 atom stereocenters. The Balaban J connectivity index is 1.80. The van der Waals surface area contributed by atoms with Crippen LogP contribution in [0, 0.1) is 13.8 Å². The second kappa shape index (κ2) is 6.21. The average Bonchev–Trinajstić information content (AvgIpc) is 2.92. The highest BCUT2D eigenvalue weighted by Gasteiger charge is 2.12. The van der Waals surface area contributed by atoms with E-state index in [4.69, 9.17) is 0 Å². The summed E-state index contributed by atoms with van der Waals surface area (Å²) in [5.74, 6) is -0.313. The van der Waals surface area contributed by atoms with Gasteiger partial charge in [0, 0.05) is 15.7 Å². The first-order chi connectivity index (χ1) is 11.0. The van der Waals surface area contributed by atoms with Crippen molar-refractivity contribution in [2.24, 2.45) is 0 Å². The van der Waals surface area contributed by atoms with Gasteiger partial charge in [-0.2, -0.15) is 0 Å². The Labute approximate surface area is 144 Å². The number of hydrogen-bond donors (Lipinski definition) is 1. The number of rotatable bonds is 3. The zero-order valence-corrected chi connectivity index (χ0v) is 14.9. The summed E-state index contributed by atoms with van der Waals surface area (Å²) in [5.41, 5.74) is 1.81. The van der Waals surface area contributed by atoms with Gasteiger partial charge in [0.1, 0.15) is 6.54 Å². The molecule has 0 spiro atoms. The number of nitrogens with one attached hydrogen (secondary N) is 1. The van der Waals surface area contributed by atoms with Gasteiger partial charge >= 0.3 is 0 Å². The van der Waals surface area contributed by atoms with Gasteiger partial charge in [-0.15, -0.1) is 0 Å². The summed E-state index contributed by atoms with van der Waals surface area (Å²) >= 11 is 4.82. The largest absolute Gasteiger partial charge is 0.300 e. The first-order valence-corrected chi connectivity index (χ1v) is 8.44. The van der Waals surface area contributed by atoms with Gasteiger partial charge in [0.05, 0.1) is 16.5 Å². The van der Waals surface area contributed by atoms with Crippen LogP contribution in [0.3, 0.4) is 0 Å². The highest BCUT2D eigenvalue weighted by molar-refractivity contribution is 9.10. The molecule has 0 saturated carbocycles. The molecule has 3 rings (SSSR count). The first kappa shape index (κ1) is 15.8. The number of hydrogen-bond acceptors (Lipinski definition) is 5. The SMILES string of the molecule is Cc1ncn(CC(=O)Nc2nc3c(Br)cccc3s2)c(=O)c1C. The molecule has 0 fully saturated rings. The molecule has 0 bridgehead atoms. The molecule has 1 aromatic carbocycles. The molecule has 6 nitrogen and oxygen atoms in total. The molecule has 3 aromatic rings. The Morgan fingerprint density at radius 3 is 2.91 bits per heavy atom. The lowest BCUT2D eigenvalue weighted by molar-refractivity contribution is -0.116. The van der Waals surface area contributed by atoms with E-state index in [0.29, 0.717) is 16.4 Å². The van der Waals surface area contributed by atoms with Gasteiger partial charge in [-0.05, 0) is 41.9 Å². The van der Waals surface area contributed by atoms with Crippen LogP contribution in [0.15, 0.2) is 33.8 Å². The predicted octanol–water partition coefficient (Wildman–Crippen LogP) is 2.87. The molecule has 2 aromatic heterocycles. The van der Waals surface area contributed by atoms with Crippen LogP contribution in [0.4, 0.5) is 5.13 Å². The van der Waals surface area contributed by atoms with E-state index in [0.717, 1.165) is 14.7 Å². The normalized spacial score (nSPS) is 10.9. The molecule has 1 amide bonds. The fraction of sp³-hybridized carbons (Fsp3) is 0.200. The molecular formula is C15H13BrN4O2S. The number of thiazole rings is 1. The van der Waals surface area contributed by atoms with Crippen LogP contribution < -0.4 is 10.9 Å². The van der Waals surface area contributed by atoms with E-state index in [2.05, 4.69) is 31.2 Å². The third-order valence-electron chi connectivity index (χ3n) is 3.45. The summed E-state index contributed by atoms with van der Waals surface area (Å²) < 4.78 is 3.14. The minimum atomic E-state index is -0.313. The highest BCUT2D eigenvalue weighted by atomic mass is 79.9. The number of carbonyl (C=O) groups excluding carboxylic acids is 1. The fourth-order valence-electron chi connectivity index (χ4n) is 2.07. The van der Waals surface area contributed by atoms with Crippen molar-refractivity contribution in [1.29, 1.82) is 0 Å². The Bertz CT molecular complexity index is 964. The molecule has 0 unspecified atom stereocenters. The van der Waals surface area contributed by atoms with E-state index in [-0.39, 0.29) is 18.0 Å². The summed E-state index contributed by atoms with van der Waals surface area (Å²) in [5, 5.41) is 3.23. The number of aromatic nitrogens is 3. The Morgan fingerprint density at radius 2 is 2.17 bits per heavy atom. The van der Waals surface area contributed by atoms with Gasteiger partial charge in [-0.25, -0.2) is 9.97 Å². The number of carbonyl (C=O) groups is 1. The van der Waals surface area contributed by atoms with E-state index < -0.39 is 0 Å². The molecule has 0 aliphatic rings. The maximum atomic E-state index is 12.1. The number of para-hydroxylation sites is 1. The quantitative estimate of drug-likeness (QED) is 0.743. The lowest BCUT2D eigenvalue weighted by atomic mass is 10.3. The summed E-state index contributed by atoms with van der Waals surface area (Å²) in [6.07, 6.45) is 1.39. The molecule has 8 heteroatoms. The van der Waals surface area contributed by atoms with E-state index in [1.165, 1.54) is 22.2 Å². The lowest BCUT2D eigenvalue weighted by Gasteiger charge is -2.07. The fourth-order valence-corrected chi connectivity index (χ4v) is 3.57. The molecule has 0 aliphatic heterocycles. The summed E-state index contributed by atoms with van der Waals surface area (Å²) in [7, 11) is 0. The van der Waals surface area contributed by atoms with Crippen LogP contribution in [0.25, 0.3) is 10.2 Å². The van der Waals surface area contributed by atoms with Gasteiger partial charge in [0.25, 0.3) is 5.56 Å². The first-order valence-electron chi connectivity index (χ1n) is 6.83. The van der Waals surface area contributed by atoms with Crippen LogP contribution in [-0.2, 0) is 11.3 Å². The van der Waals surface area contributed by atoms with Crippen LogP contribution in [-0.4, -0.2) is 20.4 Å². The maximum absolute atomic E-state index is 12.1. The molecule has 0 aliphatic carbocycles. The van der Waals surface area contributed by atoms with Crippen LogP contribution in [0.5, 0.6) is 0 Å². The maximum Gasteiger partial charge on any atom is 0.256 e. The highest BCUT2D eigenvalue weighted by Crippen LogP contribution is 2.30. The number of halogens is 1. The number of benzene rings is 1. The molecule has 2 heterocycles. The smallest absolute Gasteiger partial charge is 0.256 e. The number of amides is 1. The van der Waals surface area contributed by atoms with Crippen molar-refractivity contribution in [2.45, 2.75) is 20.4 Å². The van der Waals surface area contributed by atoms with Crippen molar-refractivity contribution in [2.75, 3.05) is 5.32 Å². The zero-order valence-electron chi connectivity index (χ0n) is 12.5. The molecule has 118 valence electrons. The van der Waals surface area contributed by atoms with Gasteiger partial charge in [0.15, 0.2) is 5.13 Å². The van der Waals surface area contributed by atoms with Crippen molar-refractivity contribution >= 4 is 48.5 Å². The predicted molar refractivity (Wildman–Crippen MR) is 93.9 cm³/mol. The van der Waals surface area contributed by atoms with Crippen molar-refractivity contribution in [3.05, 3.63) is 50.6 Å². The van der Waals surface area contributed by atoms with Crippen molar-refractivity contribution in [1.82, 2.24) is 14.5 Å². The monoisotopic (exact) mass is 392 g/mol. The molecule has 1 N–H and O–H groups in total. The van der Waals surface area contributed by atoms with Crippen LogP contribution >= 0.6 is 27.3 Å². The van der Waals surface area contributed by atoms with Gasteiger partial charge in [0.2, 0.25) is 5.91 Å². The van der Waals surface area contributed by atoms with Crippen LogP contribution in [0.2, 0.25) is 0 Å². The van der Waals surface area contributed by atoms with Crippen molar-refractivity contribution < 1.29 is 4.79 Å². The summed E-state index contributed by atoms with van der Waals surface area (Å²) in [6, 6.07) is 5.75. The molecule has 23 heavy (non-hydrogen) atoms. The summed E-state index contributed by atoms with van der Waals surface area (Å²) in [6.45, 7) is 3.37. The third-order valence-corrected chi connectivity index (χ3v) is 5.02. The topological polar surface area (TPSA) is 76.9 Å². The van der Waals surface area contributed by atoms with E-state index in [9.17, 15) is 9.59 Å².